The lowest BCUT2D eigenvalue weighted by Crippen LogP contribution is -2.63. The lowest BCUT2D eigenvalue weighted by Gasteiger charge is -2.38. The van der Waals surface area contributed by atoms with Crippen molar-refractivity contribution in [3.8, 4) is 5.75 Å². The Morgan fingerprint density at radius 3 is 2.47 bits per heavy atom. The predicted octanol–water partition coefficient (Wildman–Crippen LogP) is 1.92. The van der Waals surface area contributed by atoms with Crippen LogP contribution in [-0.2, 0) is 19.9 Å². The quantitative estimate of drug-likeness (QED) is 0.311. The lowest BCUT2D eigenvalue weighted by atomic mass is 10.0. The summed E-state index contributed by atoms with van der Waals surface area (Å²) in [5.41, 5.74) is 0.0279. The summed E-state index contributed by atoms with van der Waals surface area (Å²) in [6.45, 7) is 2.85. The van der Waals surface area contributed by atoms with Crippen molar-refractivity contribution in [3.05, 3.63) is 53.6 Å². The van der Waals surface area contributed by atoms with Gasteiger partial charge in [-0.2, -0.15) is 0 Å². The Bertz CT molecular complexity index is 1330. The number of halogens is 1. The monoisotopic (exact) mass is 512 g/mol. The number of anilines is 2. The highest BCUT2D eigenvalue weighted by atomic mass is 32.2. The number of amidine groups is 1. The molecule has 1 fully saturated rings. The van der Waals surface area contributed by atoms with Gasteiger partial charge in [-0.05, 0) is 37.3 Å². The summed E-state index contributed by atoms with van der Waals surface area (Å²) in [6.07, 6.45) is -0.634. The number of alkyl halides is 1. The van der Waals surface area contributed by atoms with Gasteiger partial charge >= 0.3 is 0 Å². The molecule has 0 spiro atoms. The van der Waals surface area contributed by atoms with Gasteiger partial charge in [0.1, 0.15) is 11.6 Å². The van der Waals surface area contributed by atoms with Gasteiger partial charge in [0.25, 0.3) is 5.91 Å². The number of nitrogens with one attached hydrogen (secondary N) is 4. The molecule has 1 saturated heterocycles. The van der Waals surface area contributed by atoms with E-state index in [2.05, 4.69) is 15.4 Å². The molecule has 184 valence electrons. The number of carbonyl (C=O) groups excluding carboxylic acids is 1. The summed E-state index contributed by atoms with van der Waals surface area (Å²) in [5.74, 6) is -1.16. The third kappa shape index (κ3) is 6.67. The Morgan fingerprint density at radius 1 is 1.21 bits per heavy atom. The fourth-order valence-corrected chi connectivity index (χ4v) is 6.06. The van der Waals surface area contributed by atoms with E-state index in [1.54, 1.807) is 25.1 Å². The highest BCUT2D eigenvalue weighted by Gasteiger charge is 2.45. The average molecular weight is 513 g/mol. The highest BCUT2D eigenvalue weighted by Crippen LogP contribution is 2.27. The molecule has 0 aromatic heterocycles. The van der Waals surface area contributed by atoms with Crippen LogP contribution in [0.4, 0.5) is 15.8 Å². The molecule has 4 N–H and O–H groups in total. The summed E-state index contributed by atoms with van der Waals surface area (Å²) in [5, 5.41) is 13.9. The minimum absolute atomic E-state index is 0.0645. The molecule has 1 heterocycles. The number of hydrogen-bond acceptors (Lipinski definition) is 8. The first-order valence-corrected chi connectivity index (χ1v) is 13.8. The Balaban J connectivity index is 1.91. The van der Waals surface area contributed by atoms with Crippen LogP contribution in [0.5, 0.6) is 5.75 Å². The van der Waals surface area contributed by atoms with Gasteiger partial charge in [0.15, 0.2) is 9.84 Å². The van der Waals surface area contributed by atoms with Gasteiger partial charge in [0.2, 0.25) is 16.4 Å². The van der Waals surface area contributed by atoms with E-state index in [1.165, 1.54) is 31.2 Å². The van der Waals surface area contributed by atoms with Crippen molar-refractivity contribution >= 4 is 43.0 Å². The van der Waals surface area contributed by atoms with E-state index in [1.807, 2.05) is 0 Å². The summed E-state index contributed by atoms with van der Waals surface area (Å²) >= 11 is 0. The van der Waals surface area contributed by atoms with E-state index in [0.717, 1.165) is 6.26 Å². The molecule has 0 aliphatic carbocycles. The largest absolute Gasteiger partial charge is 0.461 e. The second-order valence-corrected chi connectivity index (χ2v) is 12.2. The number of carbonyl (C=O) groups is 1. The zero-order valence-corrected chi connectivity index (χ0v) is 20.3. The van der Waals surface area contributed by atoms with Gasteiger partial charge in [-0.25, -0.2) is 21.2 Å². The van der Waals surface area contributed by atoms with E-state index in [-0.39, 0.29) is 28.4 Å². The molecular formula is C21H25FN4O6S2. The summed E-state index contributed by atoms with van der Waals surface area (Å²) in [7, 11) is -6.96. The standard InChI is InChI=1S/C21H25FN4O6S2/c1-13(22)32-16-6-4-5-15(10-16)24-18-8-7-14(9-17(18)19(23)26-33(3,28)29)20(27)25-21(2)11-34(30,31)12-21/h4-10,13,24H,11-12H2,1-3H3,(H2,23,26)(H,25,27). The highest BCUT2D eigenvalue weighted by molar-refractivity contribution is 7.93. The van der Waals surface area contributed by atoms with Crippen LogP contribution >= 0.6 is 0 Å². The normalized spacial score (nSPS) is 17.1. The van der Waals surface area contributed by atoms with Gasteiger partial charge in [0.05, 0.1) is 23.3 Å². The number of ether oxygens (including phenoxy) is 1. The van der Waals surface area contributed by atoms with E-state index in [4.69, 9.17) is 10.1 Å². The van der Waals surface area contributed by atoms with Crippen LogP contribution in [0.25, 0.3) is 0 Å². The summed E-state index contributed by atoms with van der Waals surface area (Å²) in [6, 6.07) is 10.6. The maximum Gasteiger partial charge on any atom is 0.251 e. The predicted molar refractivity (Wildman–Crippen MR) is 127 cm³/mol. The molecule has 13 heteroatoms. The maximum atomic E-state index is 13.2. The minimum Gasteiger partial charge on any atom is -0.461 e. The number of sulfone groups is 1. The first kappa shape index (κ1) is 25.4. The summed E-state index contributed by atoms with van der Waals surface area (Å²) in [4.78, 5) is 12.8. The van der Waals surface area contributed by atoms with Crippen LogP contribution in [-0.4, -0.2) is 58.2 Å². The van der Waals surface area contributed by atoms with Crippen LogP contribution in [0, 0.1) is 5.41 Å². The fraction of sp³-hybridized carbons (Fsp3) is 0.333. The number of amides is 1. The van der Waals surface area contributed by atoms with Crippen molar-refractivity contribution in [2.75, 3.05) is 23.1 Å². The van der Waals surface area contributed by atoms with E-state index >= 15 is 0 Å². The maximum absolute atomic E-state index is 13.2. The zero-order chi connectivity index (χ0) is 25.3. The first-order chi connectivity index (χ1) is 15.6. The van der Waals surface area contributed by atoms with Crippen LogP contribution in [0.2, 0.25) is 0 Å². The van der Waals surface area contributed by atoms with Gasteiger partial charge in [-0.1, -0.05) is 6.07 Å². The van der Waals surface area contributed by atoms with Crippen LogP contribution < -0.4 is 20.1 Å². The average Bonchev–Trinajstić information content (AvgIpc) is 2.64. The zero-order valence-electron chi connectivity index (χ0n) is 18.7. The van der Waals surface area contributed by atoms with Crippen molar-refractivity contribution in [1.82, 2.24) is 10.0 Å². The molecule has 1 amide bonds. The molecule has 1 aliphatic heterocycles. The van der Waals surface area contributed by atoms with Crippen molar-refractivity contribution < 1.29 is 30.8 Å². The van der Waals surface area contributed by atoms with Crippen LogP contribution in [0.15, 0.2) is 42.5 Å². The first-order valence-electron chi connectivity index (χ1n) is 10.1. The Labute approximate surface area is 197 Å². The van der Waals surface area contributed by atoms with E-state index in [0.29, 0.717) is 11.4 Å². The topological polar surface area (TPSA) is 155 Å². The molecule has 2 aromatic rings. The van der Waals surface area contributed by atoms with Crippen molar-refractivity contribution in [2.24, 2.45) is 0 Å². The molecule has 1 aliphatic rings. The molecule has 1 unspecified atom stereocenters. The second kappa shape index (κ2) is 9.22. The van der Waals surface area contributed by atoms with Crippen LogP contribution in [0.3, 0.4) is 0 Å². The van der Waals surface area contributed by atoms with Gasteiger partial charge < -0.3 is 15.4 Å². The molecule has 1 atom stereocenters. The third-order valence-electron chi connectivity index (χ3n) is 4.74. The number of benzene rings is 2. The Morgan fingerprint density at radius 2 is 1.88 bits per heavy atom. The lowest BCUT2D eigenvalue weighted by molar-refractivity contribution is 0.0860. The molecule has 3 rings (SSSR count). The Hall–Kier alpha value is -3.19. The summed E-state index contributed by atoms with van der Waals surface area (Å²) < 4.78 is 66.7. The van der Waals surface area contributed by atoms with Crippen LogP contribution in [0.1, 0.15) is 29.8 Å². The fourth-order valence-electron chi connectivity index (χ4n) is 3.58. The SMILES string of the molecule is CC(F)Oc1cccc(Nc2ccc(C(=O)NC3(C)CS(=O)(=O)C3)cc2C(=N)NS(C)(=O)=O)c1. The van der Waals surface area contributed by atoms with Crippen molar-refractivity contribution in [1.29, 1.82) is 5.41 Å². The molecule has 34 heavy (non-hydrogen) atoms. The second-order valence-electron chi connectivity index (χ2n) is 8.37. The smallest absolute Gasteiger partial charge is 0.251 e. The molecule has 0 saturated carbocycles. The molecule has 2 aromatic carbocycles. The molecule has 10 nitrogen and oxygen atoms in total. The molecular weight excluding hydrogens is 487 g/mol. The van der Waals surface area contributed by atoms with Crippen molar-refractivity contribution in [2.45, 2.75) is 25.7 Å². The van der Waals surface area contributed by atoms with Gasteiger partial charge in [-0.15, -0.1) is 0 Å². The number of sulfonamides is 1. The van der Waals surface area contributed by atoms with Gasteiger partial charge in [0, 0.05) is 35.5 Å². The van der Waals surface area contributed by atoms with E-state index in [9.17, 15) is 26.0 Å². The van der Waals surface area contributed by atoms with Gasteiger partial charge in [-0.3, -0.25) is 14.9 Å². The molecule has 0 radical (unpaired) electrons. The van der Waals surface area contributed by atoms with E-state index < -0.39 is 43.5 Å². The Kier molecular flexibility index (Phi) is 6.90. The number of hydrogen-bond donors (Lipinski definition) is 4. The number of rotatable bonds is 8. The minimum atomic E-state index is -3.78. The molecule has 0 bridgehead atoms. The van der Waals surface area contributed by atoms with Crippen molar-refractivity contribution in [3.63, 3.8) is 0 Å². The third-order valence-corrected chi connectivity index (χ3v) is 7.47.